The first kappa shape index (κ1) is 28.1. The first-order chi connectivity index (χ1) is 17.2. The Balaban J connectivity index is 1.48. The van der Waals surface area contributed by atoms with E-state index in [1.807, 2.05) is 0 Å². The van der Waals surface area contributed by atoms with E-state index in [-0.39, 0.29) is 6.29 Å². The lowest BCUT2D eigenvalue weighted by atomic mass is 10.1. The first-order valence-electron chi connectivity index (χ1n) is 12.7. The van der Waals surface area contributed by atoms with Gasteiger partial charge in [-0.1, -0.05) is 67.1 Å². The highest BCUT2D eigenvalue weighted by atomic mass is 127. The molecule has 0 fully saturated rings. The number of methoxy groups -OCH3 is 2. The van der Waals surface area contributed by atoms with Gasteiger partial charge in [-0.05, 0) is 86.9 Å². The van der Waals surface area contributed by atoms with Crippen LogP contribution >= 0.6 is 26.9 Å². The standard InChI is InChI=1S/C31H39IO2P/c1-33-31(34-2)22-16-8-6-4-3-5-7-11-17-27-23-25-30(26-24-27)35(32,28-18-12-9-13-19-28)29-20-14-10-15-21-29/h3,5,9-10,12-15,18-21,23-26,31H,4,6-8,11,16-17,22H2,1-2H3/q+1/b5-3+. The number of ether oxygens (including phenoxy) is 2. The van der Waals surface area contributed by atoms with Crippen molar-refractivity contribution >= 4 is 42.9 Å². The number of halogens is 1. The lowest BCUT2D eigenvalue weighted by molar-refractivity contribution is -0.107. The Hall–Kier alpha value is -1.52. The van der Waals surface area contributed by atoms with Crippen molar-refractivity contribution in [3.63, 3.8) is 0 Å². The molecule has 0 spiro atoms. The van der Waals surface area contributed by atoms with Crippen LogP contribution in [0.2, 0.25) is 0 Å². The molecule has 3 rings (SSSR count). The lowest BCUT2D eigenvalue weighted by Gasteiger charge is -2.20. The summed E-state index contributed by atoms with van der Waals surface area (Å²) in [5, 5.41) is 4.27. The van der Waals surface area contributed by atoms with Gasteiger partial charge in [-0.15, -0.1) is 0 Å². The Morgan fingerprint density at radius 3 is 1.71 bits per heavy atom. The van der Waals surface area contributed by atoms with Crippen molar-refractivity contribution in [1.82, 2.24) is 0 Å². The van der Waals surface area contributed by atoms with Crippen LogP contribution in [0.15, 0.2) is 97.1 Å². The molecule has 0 atom stereocenters. The number of hydrogen-bond donors (Lipinski definition) is 0. The molecular formula is C31H39IO2P+. The van der Waals surface area contributed by atoms with Crippen molar-refractivity contribution in [3.05, 3.63) is 103 Å². The zero-order chi connectivity index (χ0) is 24.8. The van der Waals surface area contributed by atoms with Crippen LogP contribution in [-0.2, 0) is 15.9 Å². The molecule has 0 heterocycles. The molecule has 0 N–H and O–H groups in total. The summed E-state index contributed by atoms with van der Waals surface area (Å²) in [4.78, 5) is -1.66. The van der Waals surface area contributed by atoms with Crippen molar-refractivity contribution < 1.29 is 9.47 Å². The van der Waals surface area contributed by atoms with Crippen LogP contribution in [-0.4, -0.2) is 20.5 Å². The van der Waals surface area contributed by atoms with E-state index in [2.05, 4.69) is 119 Å². The van der Waals surface area contributed by atoms with Gasteiger partial charge in [-0.3, -0.25) is 0 Å². The Bertz CT molecular complexity index is 946. The third-order valence-electron chi connectivity index (χ3n) is 6.36. The highest BCUT2D eigenvalue weighted by Gasteiger charge is 2.43. The van der Waals surface area contributed by atoms with Crippen LogP contribution in [0.3, 0.4) is 0 Å². The molecule has 0 aromatic heterocycles. The van der Waals surface area contributed by atoms with Gasteiger partial charge in [0.25, 0.3) is 0 Å². The average Bonchev–Trinajstić information content (AvgIpc) is 2.92. The topological polar surface area (TPSA) is 18.5 Å². The number of benzene rings is 3. The Morgan fingerprint density at radius 1 is 0.657 bits per heavy atom. The molecule has 0 unspecified atom stereocenters. The smallest absolute Gasteiger partial charge is 0.173 e. The number of hydrogen-bond acceptors (Lipinski definition) is 2. The molecule has 3 aromatic carbocycles. The zero-order valence-electron chi connectivity index (χ0n) is 21.1. The summed E-state index contributed by atoms with van der Waals surface area (Å²) in [5.74, 6) is 0. The summed E-state index contributed by atoms with van der Waals surface area (Å²) in [6.45, 7) is 0. The third kappa shape index (κ3) is 8.53. The van der Waals surface area contributed by atoms with E-state index >= 15 is 0 Å². The van der Waals surface area contributed by atoms with Gasteiger partial charge in [0.15, 0.2) is 33.2 Å². The summed E-state index contributed by atoms with van der Waals surface area (Å²) < 4.78 is 10.5. The summed E-state index contributed by atoms with van der Waals surface area (Å²) in [6, 6.07) is 31.4. The van der Waals surface area contributed by atoms with E-state index < -0.39 is 4.90 Å². The minimum absolute atomic E-state index is 0.0496. The molecular weight excluding hydrogens is 562 g/mol. The fraction of sp³-hybridized carbons (Fsp3) is 0.355. The lowest BCUT2D eigenvalue weighted by Crippen LogP contribution is -2.26. The molecule has 4 heteroatoms. The van der Waals surface area contributed by atoms with Crippen molar-refractivity contribution in [1.29, 1.82) is 0 Å². The van der Waals surface area contributed by atoms with E-state index in [1.165, 1.54) is 47.2 Å². The van der Waals surface area contributed by atoms with E-state index in [9.17, 15) is 0 Å². The molecule has 2 nitrogen and oxygen atoms in total. The maximum atomic E-state index is 5.24. The summed E-state index contributed by atoms with van der Waals surface area (Å²) in [5.41, 5.74) is 1.43. The number of aryl methyl sites for hydroxylation is 1. The highest BCUT2D eigenvalue weighted by Crippen LogP contribution is 2.63. The second-order valence-corrected chi connectivity index (χ2v) is 15.9. The summed E-state index contributed by atoms with van der Waals surface area (Å²) in [6.07, 6.45) is 13.9. The molecule has 0 amide bonds. The maximum Gasteiger partial charge on any atom is 0.173 e. The largest absolute Gasteiger partial charge is 0.356 e. The van der Waals surface area contributed by atoms with Crippen molar-refractivity contribution in [3.8, 4) is 0 Å². The van der Waals surface area contributed by atoms with Gasteiger partial charge in [-0.25, -0.2) is 0 Å². The maximum absolute atomic E-state index is 5.24. The van der Waals surface area contributed by atoms with Gasteiger partial charge in [0.1, 0.15) is 15.9 Å². The molecule has 0 aliphatic rings. The summed E-state index contributed by atoms with van der Waals surface area (Å²) >= 11 is 2.74. The summed E-state index contributed by atoms with van der Waals surface area (Å²) in [7, 11) is 3.41. The number of unbranched alkanes of at least 4 members (excludes halogenated alkanes) is 4. The minimum atomic E-state index is -1.66. The van der Waals surface area contributed by atoms with Gasteiger partial charge in [0.2, 0.25) is 0 Å². The molecule has 0 radical (unpaired) electrons. The normalized spacial score (nSPS) is 12.0. The number of allylic oxidation sites excluding steroid dienone is 2. The van der Waals surface area contributed by atoms with Crippen LogP contribution < -0.4 is 15.9 Å². The van der Waals surface area contributed by atoms with Crippen molar-refractivity contribution in [2.45, 2.75) is 57.7 Å². The number of rotatable bonds is 15. The van der Waals surface area contributed by atoms with E-state index in [0.717, 1.165) is 25.7 Å². The molecule has 35 heavy (non-hydrogen) atoms. The quantitative estimate of drug-likeness (QED) is 0.0583. The minimum Gasteiger partial charge on any atom is -0.356 e. The SMILES string of the molecule is COC(CCCCC/C=C/CCCc1ccc([P+](I)(c2ccccc2)c2ccccc2)cc1)OC. The fourth-order valence-corrected chi connectivity index (χ4v) is 9.84. The molecule has 0 saturated heterocycles. The molecule has 3 aromatic rings. The van der Waals surface area contributed by atoms with E-state index in [4.69, 9.17) is 9.47 Å². The van der Waals surface area contributed by atoms with Gasteiger partial charge < -0.3 is 9.47 Å². The molecule has 0 aliphatic heterocycles. The van der Waals surface area contributed by atoms with E-state index in [1.54, 1.807) is 14.2 Å². The predicted molar refractivity (Wildman–Crippen MR) is 162 cm³/mol. The highest BCUT2D eigenvalue weighted by molar-refractivity contribution is 14.2. The van der Waals surface area contributed by atoms with Gasteiger partial charge >= 0.3 is 0 Å². The Labute approximate surface area is 226 Å². The molecule has 186 valence electrons. The van der Waals surface area contributed by atoms with Gasteiger partial charge in [-0.2, -0.15) is 0 Å². The molecule has 0 aliphatic carbocycles. The van der Waals surface area contributed by atoms with Crippen LogP contribution in [0.4, 0.5) is 0 Å². The fourth-order valence-electron chi connectivity index (χ4n) is 4.32. The monoisotopic (exact) mass is 601 g/mol. The third-order valence-corrected chi connectivity index (χ3v) is 14.4. The zero-order valence-corrected chi connectivity index (χ0v) is 24.2. The van der Waals surface area contributed by atoms with Crippen LogP contribution in [0.25, 0.3) is 0 Å². The Kier molecular flexibility index (Phi) is 12.5. The van der Waals surface area contributed by atoms with Gasteiger partial charge in [0, 0.05) is 14.2 Å². The van der Waals surface area contributed by atoms with Crippen molar-refractivity contribution in [2.24, 2.45) is 0 Å². The second kappa shape index (κ2) is 15.6. The molecule has 0 saturated carbocycles. The average molecular weight is 602 g/mol. The predicted octanol–water partition coefficient (Wildman–Crippen LogP) is 7.78. The first-order valence-corrected chi connectivity index (χ1v) is 17.3. The van der Waals surface area contributed by atoms with Crippen molar-refractivity contribution in [2.75, 3.05) is 14.2 Å². The van der Waals surface area contributed by atoms with Gasteiger partial charge in [0.05, 0.1) is 0 Å². The Morgan fingerprint density at radius 2 is 1.17 bits per heavy atom. The van der Waals surface area contributed by atoms with Crippen LogP contribution in [0.1, 0.15) is 50.5 Å². The van der Waals surface area contributed by atoms with Crippen LogP contribution in [0.5, 0.6) is 0 Å². The van der Waals surface area contributed by atoms with E-state index in [0.29, 0.717) is 0 Å². The second-order valence-electron chi connectivity index (χ2n) is 8.83. The van der Waals surface area contributed by atoms with Crippen LogP contribution in [0, 0.1) is 0 Å². The molecule has 0 bridgehead atoms.